The number of hydrogen-bond donors (Lipinski definition) is 2. The average molecular weight is 289 g/mol. The lowest BCUT2D eigenvalue weighted by Gasteiger charge is -2.28. The van der Waals surface area contributed by atoms with E-state index in [1.165, 1.54) is 0 Å². The van der Waals surface area contributed by atoms with E-state index in [4.69, 9.17) is 22.1 Å². The fourth-order valence-corrected chi connectivity index (χ4v) is 2.86. The van der Waals surface area contributed by atoms with E-state index in [0.717, 1.165) is 39.7 Å². The summed E-state index contributed by atoms with van der Waals surface area (Å²) >= 11 is 6.38. The van der Waals surface area contributed by atoms with E-state index in [9.17, 15) is 0 Å². The zero-order valence-corrected chi connectivity index (χ0v) is 12.1. The minimum atomic E-state index is -0.00792. The van der Waals surface area contributed by atoms with Crippen molar-refractivity contribution in [2.24, 2.45) is 5.73 Å². The number of fused-ring (bicyclic) bond motifs is 1. The van der Waals surface area contributed by atoms with Crippen LogP contribution >= 0.6 is 11.6 Å². The number of para-hydroxylation sites is 1. The first-order valence-corrected chi connectivity index (χ1v) is 7.07. The zero-order valence-electron chi connectivity index (χ0n) is 11.3. The van der Waals surface area contributed by atoms with Gasteiger partial charge in [0.1, 0.15) is 6.10 Å². The van der Waals surface area contributed by atoms with Crippen LogP contribution in [0.3, 0.4) is 0 Å². The minimum absolute atomic E-state index is 0.00792. The molecule has 1 aliphatic heterocycles. The lowest BCUT2D eigenvalue weighted by molar-refractivity contribution is 0.215. The highest BCUT2D eigenvalue weighted by molar-refractivity contribution is 6.33. The maximum atomic E-state index is 6.38. The summed E-state index contributed by atoms with van der Waals surface area (Å²) in [6.07, 6.45) is -0.00792. The van der Waals surface area contributed by atoms with E-state index in [1.807, 2.05) is 30.3 Å². The van der Waals surface area contributed by atoms with Crippen LogP contribution in [0.2, 0.25) is 5.02 Å². The first-order chi connectivity index (χ1) is 9.70. The van der Waals surface area contributed by atoms with Crippen LogP contribution in [0.4, 0.5) is 5.69 Å². The number of halogens is 1. The first-order valence-electron chi connectivity index (χ1n) is 6.70. The number of benzene rings is 2. The van der Waals surface area contributed by atoms with Gasteiger partial charge in [-0.25, -0.2) is 0 Å². The van der Waals surface area contributed by atoms with E-state index in [2.05, 4.69) is 18.3 Å². The molecule has 1 aliphatic rings. The molecule has 2 aromatic carbocycles. The standard InChI is InChI=1S/C16H17ClN2O/c1-10-4-2-6-13(17)15(10)12-5-3-7-14-16(12)20-11(8-18)9-19-14/h2-7,11,19H,8-9,18H2,1H3. The SMILES string of the molecule is Cc1cccc(Cl)c1-c1cccc2c1OC(CN)CN2. The summed E-state index contributed by atoms with van der Waals surface area (Å²) in [4.78, 5) is 0. The molecule has 3 nitrogen and oxygen atoms in total. The number of ether oxygens (including phenoxy) is 1. The molecule has 3 rings (SSSR count). The molecular formula is C16H17ClN2O. The Balaban J connectivity index is 2.16. The van der Waals surface area contributed by atoms with Crippen LogP contribution < -0.4 is 15.8 Å². The lowest BCUT2D eigenvalue weighted by Crippen LogP contribution is -2.37. The normalized spacial score (nSPS) is 17.1. The van der Waals surface area contributed by atoms with Gasteiger partial charge in [0, 0.05) is 22.7 Å². The largest absolute Gasteiger partial charge is 0.484 e. The third kappa shape index (κ3) is 2.23. The smallest absolute Gasteiger partial charge is 0.150 e. The molecule has 0 spiro atoms. The van der Waals surface area contributed by atoms with E-state index < -0.39 is 0 Å². The molecule has 0 saturated heterocycles. The summed E-state index contributed by atoms with van der Waals surface area (Å²) in [5, 5.41) is 4.10. The monoisotopic (exact) mass is 288 g/mol. The van der Waals surface area contributed by atoms with Crippen molar-refractivity contribution in [3.63, 3.8) is 0 Å². The molecule has 0 bridgehead atoms. The third-order valence-electron chi connectivity index (χ3n) is 3.57. The van der Waals surface area contributed by atoms with Gasteiger partial charge in [0.15, 0.2) is 5.75 Å². The predicted molar refractivity (Wildman–Crippen MR) is 83.6 cm³/mol. The highest BCUT2D eigenvalue weighted by Crippen LogP contribution is 2.42. The Morgan fingerprint density at radius 3 is 2.85 bits per heavy atom. The Hall–Kier alpha value is -1.71. The number of hydrogen-bond acceptors (Lipinski definition) is 3. The topological polar surface area (TPSA) is 47.3 Å². The second kappa shape index (κ2) is 5.35. The van der Waals surface area contributed by atoms with Crippen LogP contribution in [-0.4, -0.2) is 19.2 Å². The molecule has 0 amide bonds. The van der Waals surface area contributed by atoms with Crippen molar-refractivity contribution in [1.82, 2.24) is 0 Å². The molecule has 104 valence electrons. The number of anilines is 1. The molecule has 0 fully saturated rings. The molecule has 1 atom stereocenters. The van der Waals surface area contributed by atoms with Crippen molar-refractivity contribution in [1.29, 1.82) is 0 Å². The van der Waals surface area contributed by atoms with Gasteiger partial charge in [0.25, 0.3) is 0 Å². The highest BCUT2D eigenvalue weighted by Gasteiger charge is 2.22. The van der Waals surface area contributed by atoms with Gasteiger partial charge in [-0.1, -0.05) is 35.9 Å². The molecule has 0 saturated carbocycles. The molecule has 2 aromatic rings. The number of aryl methyl sites for hydroxylation is 1. The average Bonchev–Trinajstić information content (AvgIpc) is 2.47. The number of nitrogens with one attached hydrogen (secondary N) is 1. The minimum Gasteiger partial charge on any atom is -0.484 e. The first kappa shape index (κ1) is 13.3. The van der Waals surface area contributed by atoms with E-state index >= 15 is 0 Å². The van der Waals surface area contributed by atoms with Crippen LogP contribution in [0.25, 0.3) is 11.1 Å². The second-order valence-electron chi connectivity index (χ2n) is 4.97. The van der Waals surface area contributed by atoms with Gasteiger partial charge in [-0.05, 0) is 24.6 Å². The maximum Gasteiger partial charge on any atom is 0.150 e. The van der Waals surface area contributed by atoms with Gasteiger partial charge in [0.05, 0.1) is 12.2 Å². The molecule has 1 heterocycles. The third-order valence-corrected chi connectivity index (χ3v) is 3.89. The molecule has 0 radical (unpaired) electrons. The lowest BCUT2D eigenvalue weighted by atomic mass is 9.98. The quantitative estimate of drug-likeness (QED) is 0.890. The van der Waals surface area contributed by atoms with Crippen LogP contribution in [-0.2, 0) is 0 Å². The number of nitrogens with two attached hydrogens (primary N) is 1. The van der Waals surface area contributed by atoms with Crippen molar-refractivity contribution in [3.05, 3.63) is 47.0 Å². The summed E-state index contributed by atoms with van der Waals surface area (Å²) in [6, 6.07) is 12.0. The summed E-state index contributed by atoms with van der Waals surface area (Å²) in [7, 11) is 0. The van der Waals surface area contributed by atoms with Gasteiger partial charge in [0.2, 0.25) is 0 Å². The summed E-state index contributed by atoms with van der Waals surface area (Å²) in [5.41, 5.74) is 9.87. The van der Waals surface area contributed by atoms with Crippen molar-refractivity contribution >= 4 is 17.3 Å². The Kier molecular flexibility index (Phi) is 3.55. The fraction of sp³-hybridized carbons (Fsp3) is 0.250. The molecule has 20 heavy (non-hydrogen) atoms. The van der Waals surface area contributed by atoms with E-state index in [1.54, 1.807) is 0 Å². The Morgan fingerprint density at radius 2 is 2.10 bits per heavy atom. The van der Waals surface area contributed by atoms with Crippen molar-refractivity contribution < 1.29 is 4.74 Å². The van der Waals surface area contributed by atoms with Crippen molar-refractivity contribution in [2.75, 3.05) is 18.4 Å². The molecular weight excluding hydrogens is 272 g/mol. The highest BCUT2D eigenvalue weighted by atomic mass is 35.5. The van der Waals surface area contributed by atoms with Gasteiger partial charge in [-0.15, -0.1) is 0 Å². The Morgan fingerprint density at radius 1 is 1.30 bits per heavy atom. The van der Waals surface area contributed by atoms with Crippen LogP contribution in [0, 0.1) is 6.92 Å². The van der Waals surface area contributed by atoms with Crippen LogP contribution in [0.15, 0.2) is 36.4 Å². The van der Waals surface area contributed by atoms with Gasteiger partial charge in [-0.3, -0.25) is 0 Å². The summed E-state index contributed by atoms with van der Waals surface area (Å²) < 4.78 is 6.03. The molecule has 3 N–H and O–H groups in total. The summed E-state index contributed by atoms with van der Waals surface area (Å²) in [5.74, 6) is 0.838. The van der Waals surface area contributed by atoms with Gasteiger partial charge >= 0.3 is 0 Å². The Labute approximate surface area is 123 Å². The van der Waals surface area contributed by atoms with Crippen molar-refractivity contribution in [3.8, 4) is 16.9 Å². The predicted octanol–water partition coefficient (Wildman–Crippen LogP) is 3.45. The van der Waals surface area contributed by atoms with E-state index in [0.29, 0.717) is 6.54 Å². The fourth-order valence-electron chi connectivity index (χ4n) is 2.54. The Bertz CT molecular complexity index is 622. The van der Waals surface area contributed by atoms with Gasteiger partial charge < -0.3 is 15.8 Å². The molecule has 0 aromatic heterocycles. The van der Waals surface area contributed by atoms with E-state index in [-0.39, 0.29) is 6.10 Å². The summed E-state index contributed by atoms with van der Waals surface area (Å²) in [6.45, 7) is 3.27. The van der Waals surface area contributed by atoms with Crippen molar-refractivity contribution in [2.45, 2.75) is 13.0 Å². The van der Waals surface area contributed by atoms with Crippen LogP contribution in [0.1, 0.15) is 5.56 Å². The zero-order chi connectivity index (χ0) is 14.1. The van der Waals surface area contributed by atoms with Crippen LogP contribution in [0.5, 0.6) is 5.75 Å². The second-order valence-corrected chi connectivity index (χ2v) is 5.38. The van der Waals surface area contributed by atoms with Gasteiger partial charge in [-0.2, -0.15) is 0 Å². The molecule has 4 heteroatoms. The molecule has 0 aliphatic carbocycles. The molecule has 1 unspecified atom stereocenters. The maximum absolute atomic E-state index is 6.38. The number of rotatable bonds is 2.